The SMILES string of the molecule is O=C(N[C@H]1CCCC[C@@H]1O)c1cc([N+](=O)[O-])ccc1Cl. The Morgan fingerprint density at radius 2 is 2.10 bits per heavy atom. The number of non-ortho nitro benzene ring substituents is 1. The van der Waals surface area contributed by atoms with E-state index < -0.39 is 16.9 Å². The molecule has 0 unspecified atom stereocenters. The molecule has 1 saturated carbocycles. The Labute approximate surface area is 120 Å². The molecule has 1 amide bonds. The highest BCUT2D eigenvalue weighted by molar-refractivity contribution is 6.33. The number of benzene rings is 1. The number of aliphatic hydroxyl groups is 1. The second kappa shape index (κ2) is 6.19. The zero-order chi connectivity index (χ0) is 14.7. The normalized spacial score (nSPS) is 22.3. The predicted molar refractivity (Wildman–Crippen MR) is 73.8 cm³/mol. The van der Waals surface area contributed by atoms with Gasteiger partial charge in [0, 0.05) is 12.1 Å². The maximum absolute atomic E-state index is 12.1. The van der Waals surface area contributed by atoms with E-state index in [1.54, 1.807) is 0 Å². The van der Waals surface area contributed by atoms with Gasteiger partial charge in [-0.05, 0) is 18.9 Å². The highest BCUT2D eigenvalue weighted by Crippen LogP contribution is 2.23. The summed E-state index contributed by atoms with van der Waals surface area (Å²) in [5.41, 5.74) is -0.137. The quantitative estimate of drug-likeness (QED) is 0.661. The number of hydrogen-bond donors (Lipinski definition) is 2. The lowest BCUT2D eigenvalue weighted by Gasteiger charge is -2.28. The van der Waals surface area contributed by atoms with Crippen LogP contribution >= 0.6 is 11.6 Å². The van der Waals surface area contributed by atoms with Crippen molar-refractivity contribution in [2.24, 2.45) is 0 Å². The van der Waals surface area contributed by atoms with E-state index in [4.69, 9.17) is 11.6 Å². The van der Waals surface area contributed by atoms with Crippen LogP contribution in [0.4, 0.5) is 5.69 Å². The van der Waals surface area contributed by atoms with Crippen LogP contribution in [0.3, 0.4) is 0 Å². The van der Waals surface area contributed by atoms with E-state index in [0.29, 0.717) is 12.8 Å². The van der Waals surface area contributed by atoms with Crippen molar-refractivity contribution in [3.05, 3.63) is 38.9 Å². The summed E-state index contributed by atoms with van der Waals surface area (Å²) in [6, 6.07) is 3.39. The highest BCUT2D eigenvalue weighted by Gasteiger charge is 2.26. The first kappa shape index (κ1) is 14.7. The molecule has 0 spiro atoms. The number of halogens is 1. The van der Waals surface area contributed by atoms with Crippen molar-refractivity contribution < 1.29 is 14.8 Å². The lowest BCUT2D eigenvalue weighted by Crippen LogP contribution is -2.45. The number of aliphatic hydroxyl groups excluding tert-OH is 1. The number of rotatable bonds is 3. The molecule has 2 N–H and O–H groups in total. The third kappa shape index (κ3) is 3.26. The maximum atomic E-state index is 12.1. The molecule has 0 radical (unpaired) electrons. The Bertz CT molecular complexity index is 535. The van der Waals surface area contributed by atoms with E-state index in [9.17, 15) is 20.0 Å². The largest absolute Gasteiger partial charge is 0.391 e. The molecule has 0 heterocycles. The number of nitro benzene ring substituents is 1. The Hall–Kier alpha value is -1.66. The molecule has 1 aliphatic carbocycles. The van der Waals surface area contributed by atoms with Crippen molar-refractivity contribution in [3.63, 3.8) is 0 Å². The molecule has 7 heteroatoms. The van der Waals surface area contributed by atoms with Crippen molar-refractivity contribution in [2.75, 3.05) is 0 Å². The fraction of sp³-hybridized carbons (Fsp3) is 0.462. The summed E-state index contributed by atoms with van der Waals surface area (Å²) < 4.78 is 0. The smallest absolute Gasteiger partial charge is 0.270 e. The Balaban J connectivity index is 2.16. The van der Waals surface area contributed by atoms with E-state index in [-0.39, 0.29) is 22.3 Å². The van der Waals surface area contributed by atoms with Crippen molar-refractivity contribution in [1.82, 2.24) is 5.32 Å². The van der Waals surface area contributed by atoms with Gasteiger partial charge in [0.1, 0.15) is 0 Å². The topological polar surface area (TPSA) is 92.5 Å². The third-order valence-electron chi connectivity index (χ3n) is 3.45. The van der Waals surface area contributed by atoms with Crippen LogP contribution in [0.2, 0.25) is 5.02 Å². The number of nitrogens with one attached hydrogen (secondary N) is 1. The minimum atomic E-state index is -0.581. The maximum Gasteiger partial charge on any atom is 0.270 e. The molecule has 0 saturated heterocycles. The summed E-state index contributed by atoms with van der Waals surface area (Å²) in [7, 11) is 0. The van der Waals surface area contributed by atoms with Gasteiger partial charge in [-0.3, -0.25) is 14.9 Å². The Kier molecular flexibility index (Phi) is 4.57. The second-order valence-corrected chi connectivity index (χ2v) is 5.26. The van der Waals surface area contributed by atoms with E-state index in [2.05, 4.69) is 5.32 Å². The molecular weight excluding hydrogens is 284 g/mol. The predicted octanol–water partition coefficient (Wildman–Crippen LogP) is 2.28. The van der Waals surface area contributed by atoms with Crippen LogP contribution in [0, 0.1) is 10.1 Å². The van der Waals surface area contributed by atoms with Crippen molar-refractivity contribution in [2.45, 2.75) is 37.8 Å². The van der Waals surface area contributed by atoms with Gasteiger partial charge in [0.2, 0.25) is 0 Å². The zero-order valence-electron chi connectivity index (χ0n) is 10.7. The van der Waals surface area contributed by atoms with Gasteiger partial charge in [-0.15, -0.1) is 0 Å². The van der Waals surface area contributed by atoms with Gasteiger partial charge in [-0.1, -0.05) is 24.4 Å². The molecule has 1 aromatic rings. The monoisotopic (exact) mass is 298 g/mol. The fourth-order valence-corrected chi connectivity index (χ4v) is 2.53. The number of carbonyl (C=O) groups excluding carboxylic acids is 1. The molecule has 6 nitrogen and oxygen atoms in total. The minimum absolute atomic E-state index is 0.0543. The van der Waals surface area contributed by atoms with Crippen molar-refractivity contribution in [1.29, 1.82) is 0 Å². The summed E-state index contributed by atoms with van der Waals surface area (Å²) >= 11 is 5.90. The molecule has 1 aliphatic rings. The van der Waals surface area contributed by atoms with Gasteiger partial charge < -0.3 is 10.4 Å². The molecule has 2 atom stereocenters. The summed E-state index contributed by atoms with van der Waals surface area (Å²) in [6.07, 6.45) is 2.63. The Morgan fingerprint density at radius 3 is 2.75 bits per heavy atom. The number of amides is 1. The molecule has 0 bridgehead atoms. The molecule has 2 rings (SSSR count). The number of nitrogens with zero attached hydrogens (tertiary/aromatic N) is 1. The van der Waals surface area contributed by atoms with E-state index in [1.165, 1.54) is 12.1 Å². The number of carbonyl (C=O) groups is 1. The molecule has 1 fully saturated rings. The lowest BCUT2D eigenvalue weighted by atomic mass is 9.92. The van der Waals surface area contributed by atoms with Crippen molar-refractivity contribution >= 4 is 23.2 Å². The van der Waals surface area contributed by atoms with Gasteiger partial charge in [0.15, 0.2) is 0 Å². The van der Waals surface area contributed by atoms with Crippen molar-refractivity contribution in [3.8, 4) is 0 Å². The zero-order valence-corrected chi connectivity index (χ0v) is 11.5. The van der Waals surface area contributed by atoms with Crippen LogP contribution in [0.5, 0.6) is 0 Å². The second-order valence-electron chi connectivity index (χ2n) is 4.85. The van der Waals surface area contributed by atoms with Gasteiger partial charge in [-0.25, -0.2) is 0 Å². The van der Waals surface area contributed by atoms with E-state index in [0.717, 1.165) is 18.9 Å². The molecular formula is C13H15ClN2O4. The molecule has 108 valence electrons. The standard InChI is InChI=1S/C13H15ClN2O4/c14-10-6-5-8(16(19)20)7-9(10)13(18)15-11-3-1-2-4-12(11)17/h5-7,11-12,17H,1-4H2,(H,15,18)/t11-,12-/m0/s1. The first-order chi connectivity index (χ1) is 9.49. The summed E-state index contributed by atoms with van der Waals surface area (Å²) in [5, 5.41) is 23.4. The average molecular weight is 299 g/mol. The number of nitro groups is 1. The third-order valence-corrected chi connectivity index (χ3v) is 3.78. The molecule has 1 aromatic carbocycles. The van der Waals surface area contributed by atoms with E-state index >= 15 is 0 Å². The first-order valence-corrected chi connectivity index (χ1v) is 6.79. The van der Waals surface area contributed by atoms with Crippen LogP contribution in [-0.2, 0) is 0 Å². The first-order valence-electron chi connectivity index (χ1n) is 6.42. The highest BCUT2D eigenvalue weighted by atomic mass is 35.5. The molecule has 0 aromatic heterocycles. The average Bonchev–Trinajstić information content (AvgIpc) is 2.41. The number of hydrogen-bond acceptors (Lipinski definition) is 4. The van der Waals surface area contributed by atoms with Gasteiger partial charge in [0.25, 0.3) is 11.6 Å². The summed E-state index contributed by atoms with van der Waals surface area (Å²) in [4.78, 5) is 22.3. The summed E-state index contributed by atoms with van der Waals surface area (Å²) in [6.45, 7) is 0. The van der Waals surface area contributed by atoms with Crippen LogP contribution in [-0.4, -0.2) is 28.1 Å². The van der Waals surface area contributed by atoms with Gasteiger partial charge in [0.05, 0.1) is 27.7 Å². The fourth-order valence-electron chi connectivity index (χ4n) is 2.33. The summed E-state index contributed by atoms with van der Waals surface area (Å²) in [5.74, 6) is -0.496. The van der Waals surface area contributed by atoms with Crippen LogP contribution in [0.1, 0.15) is 36.0 Å². The molecule has 0 aliphatic heterocycles. The Morgan fingerprint density at radius 1 is 1.40 bits per heavy atom. The van der Waals surface area contributed by atoms with Crippen LogP contribution < -0.4 is 5.32 Å². The van der Waals surface area contributed by atoms with Gasteiger partial charge in [-0.2, -0.15) is 0 Å². The molecule has 20 heavy (non-hydrogen) atoms. The lowest BCUT2D eigenvalue weighted by molar-refractivity contribution is -0.384. The minimum Gasteiger partial charge on any atom is -0.391 e. The van der Waals surface area contributed by atoms with Crippen LogP contribution in [0.25, 0.3) is 0 Å². The van der Waals surface area contributed by atoms with Gasteiger partial charge >= 0.3 is 0 Å². The van der Waals surface area contributed by atoms with Crippen LogP contribution in [0.15, 0.2) is 18.2 Å². The van der Waals surface area contributed by atoms with E-state index in [1.807, 2.05) is 0 Å².